The Morgan fingerprint density at radius 2 is 2.03 bits per heavy atom. The lowest BCUT2D eigenvalue weighted by atomic mass is 9.64. The smallest absolute Gasteiger partial charge is 0.327 e. The quantitative estimate of drug-likeness (QED) is 0.500. The second-order valence-corrected chi connectivity index (χ2v) is 14.2. The number of nitrogens with two attached hydrogens (primary N) is 1. The SMILES string of the molecule is CC(C)(C)[C@H]1CCC(CCC(=O)N[C@@H]2C(=O)N3[C@@H]2SC(C)(C)[C@@H]3C(=O)O)[C@H](c2csc(N)n2)C1. The van der Waals surface area contributed by atoms with Crippen LogP contribution in [0, 0.1) is 17.3 Å². The number of fused-ring (bicyclic) bond motifs is 1. The number of hydrogen-bond acceptors (Lipinski definition) is 7. The number of nitrogens with one attached hydrogen (secondary N) is 1. The Hall–Kier alpha value is -1.81. The largest absolute Gasteiger partial charge is 0.480 e. The first-order valence-electron chi connectivity index (χ1n) is 12.0. The highest BCUT2D eigenvalue weighted by Gasteiger charge is 2.64. The predicted molar refractivity (Wildman–Crippen MR) is 134 cm³/mol. The average Bonchev–Trinajstić information content (AvgIpc) is 3.28. The highest BCUT2D eigenvalue weighted by molar-refractivity contribution is 8.01. The lowest BCUT2D eigenvalue weighted by Crippen LogP contribution is -2.70. The molecule has 0 bridgehead atoms. The zero-order chi connectivity index (χ0) is 25.0. The minimum absolute atomic E-state index is 0.148. The molecule has 34 heavy (non-hydrogen) atoms. The van der Waals surface area contributed by atoms with E-state index in [1.54, 1.807) is 0 Å². The Morgan fingerprint density at radius 3 is 2.62 bits per heavy atom. The number of amides is 2. The Balaban J connectivity index is 1.37. The molecule has 2 saturated heterocycles. The second kappa shape index (κ2) is 9.00. The number of carbonyl (C=O) groups is 3. The molecule has 8 nitrogen and oxygen atoms in total. The number of carboxylic acids is 1. The Bertz CT molecular complexity index is 972. The van der Waals surface area contributed by atoms with E-state index in [1.165, 1.54) is 28.0 Å². The summed E-state index contributed by atoms with van der Waals surface area (Å²) in [6.07, 6.45) is 4.29. The number of carbonyl (C=O) groups excluding carboxylic acids is 2. The Labute approximate surface area is 209 Å². The highest BCUT2D eigenvalue weighted by atomic mass is 32.2. The summed E-state index contributed by atoms with van der Waals surface area (Å²) >= 11 is 2.91. The van der Waals surface area contributed by atoms with E-state index in [1.807, 2.05) is 13.8 Å². The van der Waals surface area contributed by atoms with Gasteiger partial charge in [0.15, 0.2) is 5.13 Å². The number of thiazole rings is 1. The van der Waals surface area contributed by atoms with E-state index in [-0.39, 0.29) is 28.5 Å². The number of hydrogen-bond donors (Lipinski definition) is 3. The minimum Gasteiger partial charge on any atom is -0.480 e. The van der Waals surface area contributed by atoms with E-state index in [4.69, 9.17) is 5.73 Å². The van der Waals surface area contributed by atoms with Crippen molar-refractivity contribution in [2.45, 2.75) is 94.8 Å². The third-order valence-corrected chi connectivity index (χ3v) is 10.1. The van der Waals surface area contributed by atoms with Crippen LogP contribution in [0.15, 0.2) is 5.38 Å². The minimum atomic E-state index is -1.00. The van der Waals surface area contributed by atoms with Crippen molar-refractivity contribution < 1.29 is 19.5 Å². The van der Waals surface area contributed by atoms with Gasteiger partial charge in [-0.05, 0) is 56.8 Å². The van der Waals surface area contributed by atoms with Crippen LogP contribution in [0.2, 0.25) is 0 Å². The number of thioether (sulfide) groups is 1. The predicted octanol–water partition coefficient (Wildman–Crippen LogP) is 3.68. The molecule has 2 amide bonds. The number of carboxylic acid groups (broad SMARTS) is 1. The van der Waals surface area contributed by atoms with Crippen LogP contribution in [-0.4, -0.2) is 55.0 Å². The number of nitrogen functional groups attached to an aromatic ring is 1. The molecule has 0 aromatic carbocycles. The molecular formula is C24H36N4O4S2. The van der Waals surface area contributed by atoms with E-state index in [0.29, 0.717) is 23.4 Å². The summed E-state index contributed by atoms with van der Waals surface area (Å²) in [7, 11) is 0. The fraction of sp³-hybridized carbons (Fsp3) is 0.750. The van der Waals surface area contributed by atoms with Crippen LogP contribution >= 0.6 is 23.1 Å². The first kappa shape index (κ1) is 25.3. The first-order valence-corrected chi connectivity index (χ1v) is 13.8. The van der Waals surface area contributed by atoms with Crippen LogP contribution < -0.4 is 11.1 Å². The van der Waals surface area contributed by atoms with Crippen molar-refractivity contribution in [3.63, 3.8) is 0 Å². The fourth-order valence-corrected chi connectivity index (χ4v) is 8.16. The summed E-state index contributed by atoms with van der Waals surface area (Å²) in [5.41, 5.74) is 7.18. The van der Waals surface area contributed by atoms with Crippen LogP contribution in [-0.2, 0) is 14.4 Å². The number of nitrogens with zero attached hydrogens (tertiary/aromatic N) is 2. The Morgan fingerprint density at radius 1 is 1.32 bits per heavy atom. The summed E-state index contributed by atoms with van der Waals surface area (Å²) in [5, 5.41) is 14.8. The lowest BCUT2D eigenvalue weighted by molar-refractivity contribution is -0.161. The standard InChI is InChI=1S/C24H36N4O4S2/c1-23(2,3)13-8-6-12(14(10-13)15-11-33-22(25)26-15)7-9-16(29)27-17-19(30)28-18(21(31)32)24(4,5)34-20(17)28/h11-14,17-18,20H,6-10H2,1-5H3,(H2,25,26)(H,27,29)(H,31,32)/t12?,13-,14+,17+,18-,20+/m0/s1. The fourth-order valence-electron chi connectivity index (χ4n) is 5.91. The number of β-lactam (4-membered cyclic amide) rings is 1. The van der Waals surface area contributed by atoms with Crippen molar-refractivity contribution in [2.24, 2.45) is 17.3 Å². The van der Waals surface area contributed by atoms with Gasteiger partial charge >= 0.3 is 5.97 Å². The molecule has 10 heteroatoms. The van der Waals surface area contributed by atoms with Crippen LogP contribution in [0.3, 0.4) is 0 Å². The average molecular weight is 509 g/mol. The molecule has 3 heterocycles. The molecule has 3 aliphatic rings. The summed E-state index contributed by atoms with van der Waals surface area (Å²) in [5.74, 6) is -0.236. The van der Waals surface area contributed by atoms with E-state index >= 15 is 0 Å². The monoisotopic (exact) mass is 508 g/mol. The van der Waals surface area contributed by atoms with Crippen LogP contribution in [0.4, 0.5) is 5.13 Å². The molecule has 1 aromatic rings. The molecule has 1 saturated carbocycles. The van der Waals surface area contributed by atoms with Gasteiger partial charge < -0.3 is 21.1 Å². The van der Waals surface area contributed by atoms with Crippen molar-refractivity contribution >= 4 is 46.0 Å². The van der Waals surface area contributed by atoms with E-state index in [0.717, 1.165) is 31.4 Å². The number of anilines is 1. The van der Waals surface area contributed by atoms with Crippen molar-refractivity contribution in [3.05, 3.63) is 11.1 Å². The Kier molecular flexibility index (Phi) is 6.70. The number of rotatable bonds is 6. The zero-order valence-electron chi connectivity index (χ0n) is 20.5. The molecule has 3 fully saturated rings. The summed E-state index contributed by atoms with van der Waals surface area (Å²) in [6.45, 7) is 10.5. The molecule has 188 valence electrons. The maximum absolute atomic E-state index is 12.8. The van der Waals surface area contributed by atoms with E-state index < -0.39 is 22.8 Å². The highest BCUT2D eigenvalue weighted by Crippen LogP contribution is 2.51. The first-order chi connectivity index (χ1) is 15.8. The van der Waals surface area contributed by atoms with Gasteiger partial charge in [-0.3, -0.25) is 9.59 Å². The number of aliphatic carboxylic acids is 1. The normalized spacial score (nSPS) is 32.7. The molecule has 6 atom stereocenters. The lowest BCUT2D eigenvalue weighted by Gasteiger charge is -2.43. The molecule has 1 unspecified atom stereocenters. The van der Waals surface area contributed by atoms with Gasteiger partial charge in [0.1, 0.15) is 17.5 Å². The second-order valence-electron chi connectivity index (χ2n) is 11.5. The molecule has 0 spiro atoms. The van der Waals surface area contributed by atoms with Gasteiger partial charge in [-0.15, -0.1) is 23.1 Å². The van der Waals surface area contributed by atoms with Gasteiger partial charge in [-0.25, -0.2) is 9.78 Å². The summed E-state index contributed by atoms with van der Waals surface area (Å²) in [6, 6.07) is -1.51. The van der Waals surface area contributed by atoms with Gasteiger partial charge in [-0.1, -0.05) is 20.8 Å². The molecule has 1 aliphatic carbocycles. The zero-order valence-corrected chi connectivity index (χ0v) is 22.2. The van der Waals surface area contributed by atoms with Gasteiger partial charge in [0.05, 0.1) is 5.69 Å². The molecule has 0 radical (unpaired) electrons. The summed E-state index contributed by atoms with van der Waals surface area (Å²) in [4.78, 5) is 43.2. The topological polar surface area (TPSA) is 126 Å². The maximum atomic E-state index is 12.8. The van der Waals surface area contributed by atoms with Crippen molar-refractivity contribution in [1.29, 1.82) is 0 Å². The van der Waals surface area contributed by atoms with Crippen molar-refractivity contribution in [3.8, 4) is 0 Å². The van der Waals surface area contributed by atoms with Gasteiger partial charge in [0, 0.05) is 22.5 Å². The molecule has 4 rings (SSSR count). The molecular weight excluding hydrogens is 472 g/mol. The van der Waals surface area contributed by atoms with Crippen molar-refractivity contribution in [1.82, 2.24) is 15.2 Å². The van der Waals surface area contributed by atoms with E-state index in [2.05, 4.69) is 36.5 Å². The van der Waals surface area contributed by atoms with Crippen LogP contribution in [0.5, 0.6) is 0 Å². The molecule has 1 aromatic heterocycles. The van der Waals surface area contributed by atoms with Gasteiger partial charge in [0.25, 0.3) is 0 Å². The maximum Gasteiger partial charge on any atom is 0.327 e. The third-order valence-electron chi connectivity index (χ3n) is 7.87. The molecule has 2 aliphatic heterocycles. The van der Waals surface area contributed by atoms with Crippen LogP contribution in [0.1, 0.15) is 78.3 Å². The molecule has 4 N–H and O–H groups in total. The van der Waals surface area contributed by atoms with Gasteiger partial charge in [-0.2, -0.15) is 0 Å². The van der Waals surface area contributed by atoms with Crippen molar-refractivity contribution in [2.75, 3.05) is 5.73 Å². The van der Waals surface area contributed by atoms with E-state index in [9.17, 15) is 19.5 Å². The number of aromatic nitrogens is 1. The third kappa shape index (κ3) is 4.67. The van der Waals surface area contributed by atoms with Gasteiger partial charge in [0.2, 0.25) is 11.8 Å². The van der Waals surface area contributed by atoms with Crippen LogP contribution in [0.25, 0.3) is 0 Å². The summed E-state index contributed by atoms with van der Waals surface area (Å²) < 4.78 is -0.597.